The van der Waals surface area contributed by atoms with E-state index in [1.807, 2.05) is 6.07 Å². The highest BCUT2D eigenvalue weighted by Gasteiger charge is 2.09. The third-order valence-electron chi connectivity index (χ3n) is 2.53. The molecular formula is C14H10FNO2. The Morgan fingerprint density at radius 2 is 2.00 bits per heavy atom. The molecule has 3 nitrogen and oxygen atoms in total. The van der Waals surface area contributed by atoms with E-state index in [4.69, 9.17) is 10.00 Å². The van der Waals surface area contributed by atoms with E-state index in [-0.39, 0.29) is 11.3 Å². The predicted molar refractivity (Wildman–Crippen MR) is 64.8 cm³/mol. The molecule has 0 aliphatic rings. The van der Waals surface area contributed by atoms with E-state index in [0.717, 1.165) is 0 Å². The molecule has 18 heavy (non-hydrogen) atoms. The summed E-state index contributed by atoms with van der Waals surface area (Å²) < 4.78 is 18.7. The second-order valence-corrected chi connectivity index (χ2v) is 3.73. The van der Waals surface area contributed by atoms with E-state index in [1.54, 1.807) is 6.07 Å². The number of phenolic OH excluding ortho intramolecular Hbond substituents is 1. The van der Waals surface area contributed by atoms with Gasteiger partial charge in [-0.3, -0.25) is 0 Å². The van der Waals surface area contributed by atoms with Crippen molar-refractivity contribution in [3.05, 3.63) is 47.8 Å². The largest absolute Gasteiger partial charge is 0.508 e. The molecule has 0 unspecified atom stereocenters. The Labute approximate surface area is 104 Å². The molecule has 2 rings (SSSR count). The van der Waals surface area contributed by atoms with Crippen molar-refractivity contribution >= 4 is 0 Å². The fourth-order valence-corrected chi connectivity index (χ4v) is 1.67. The van der Waals surface area contributed by atoms with Gasteiger partial charge in [0.2, 0.25) is 0 Å². The lowest BCUT2D eigenvalue weighted by molar-refractivity contribution is 0.408. The summed E-state index contributed by atoms with van der Waals surface area (Å²) >= 11 is 0. The molecule has 1 N–H and O–H groups in total. The number of hydrogen-bond donors (Lipinski definition) is 1. The summed E-state index contributed by atoms with van der Waals surface area (Å²) in [6, 6.07) is 10.5. The van der Waals surface area contributed by atoms with Crippen LogP contribution in [0.4, 0.5) is 4.39 Å². The second kappa shape index (κ2) is 4.76. The Balaban J connectivity index is 2.61. The van der Waals surface area contributed by atoms with Crippen LogP contribution in [0.1, 0.15) is 5.56 Å². The van der Waals surface area contributed by atoms with Gasteiger partial charge in [0.15, 0.2) is 0 Å². The predicted octanol–water partition coefficient (Wildman–Crippen LogP) is 3.08. The minimum Gasteiger partial charge on any atom is -0.508 e. The molecule has 0 amide bonds. The van der Waals surface area contributed by atoms with Crippen LogP contribution in [-0.4, -0.2) is 12.2 Å². The van der Waals surface area contributed by atoms with E-state index in [0.29, 0.717) is 16.9 Å². The van der Waals surface area contributed by atoms with Crippen molar-refractivity contribution in [3.63, 3.8) is 0 Å². The van der Waals surface area contributed by atoms with Gasteiger partial charge in [0, 0.05) is 11.6 Å². The highest BCUT2D eigenvalue weighted by molar-refractivity contribution is 5.69. The number of halogens is 1. The first-order valence-electron chi connectivity index (χ1n) is 5.22. The number of ether oxygens (including phenoxy) is 1. The molecule has 0 radical (unpaired) electrons. The molecule has 0 heterocycles. The van der Waals surface area contributed by atoms with Crippen molar-refractivity contribution in [2.24, 2.45) is 0 Å². The number of hydrogen-bond acceptors (Lipinski definition) is 3. The minimum absolute atomic E-state index is 0.0221. The number of nitrogens with zero attached hydrogens (tertiary/aromatic N) is 1. The standard InChI is InChI=1S/C14H10FNO2/c1-18-12-6-10(5-11(17)7-12)13-4-9(8-16)2-3-14(13)15/h2-7,17H,1H3. The number of nitriles is 1. The zero-order chi connectivity index (χ0) is 13.1. The second-order valence-electron chi connectivity index (χ2n) is 3.73. The Hall–Kier alpha value is -2.54. The van der Waals surface area contributed by atoms with Crippen LogP contribution in [-0.2, 0) is 0 Å². The van der Waals surface area contributed by atoms with Gasteiger partial charge in [-0.15, -0.1) is 0 Å². The van der Waals surface area contributed by atoms with Crippen LogP contribution >= 0.6 is 0 Å². The highest BCUT2D eigenvalue weighted by atomic mass is 19.1. The molecule has 0 aliphatic heterocycles. The smallest absolute Gasteiger partial charge is 0.131 e. The SMILES string of the molecule is COc1cc(O)cc(-c2cc(C#N)ccc2F)c1. The fraction of sp³-hybridized carbons (Fsp3) is 0.0714. The monoisotopic (exact) mass is 243 g/mol. The summed E-state index contributed by atoms with van der Waals surface area (Å²) in [7, 11) is 1.46. The molecule has 0 saturated carbocycles. The number of rotatable bonds is 2. The summed E-state index contributed by atoms with van der Waals surface area (Å²) in [6.45, 7) is 0. The van der Waals surface area contributed by atoms with Crippen LogP contribution in [0.15, 0.2) is 36.4 Å². The Bertz CT molecular complexity index is 632. The molecule has 0 spiro atoms. The maximum Gasteiger partial charge on any atom is 0.131 e. The molecule has 0 aromatic heterocycles. The summed E-state index contributed by atoms with van der Waals surface area (Å²) in [5.74, 6) is -0.0560. The molecule has 0 fully saturated rings. The van der Waals surface area contributed by atoms with Crippen molar-refractivity contribution in [2.45, 2.75) is 0 Å². The van der Waals surface area contributed by atoms with Crippen molar-refractivity contribution in [2.75, 3.05) is 7.11 Å². The fourth-order valence-electron chi connectivity index (χ4n) is 1.67. The normalized spacial score (nSPS) is 9.83. The molecule has 0 saturated heterocycles. The van der Waals surface area contributed by atoms with Crippen LogP contribution in [0, 0.1) is 17.1 Å². The first-order chi connectivity index (χ1) is 8.63. The van der Waals surface area contributed by atoms with Gasteiger partial charge in [-0.05, 0) is 35.9 Å². The summed E-state index contributed by atoms with van der Waals surface area (Å²) in [6.07, 6.45) is 0. The van der Waals surface area contributed by atoms with E-state index in [1.165, 1.54) is 37.4 Å². The molecule has 2 aromatic rings. The first kappa shape index (κ1) is 11.9. The van der Waals surface area contributed by atoms with Crippen molar-refractivity contribution < 1.29 is 14.2 Å². The van der Waals surface area contributed by atoms with Crippen LogP contribution in [0.3, 0.4) is 0 Å². The number of phenols is 1. The van der Waals surface area contributed by atoms with Gasteiger partial charge in [-0.1, -0.05) is 0 Å². The third kappa shape index (κ3) is 2.25. The summed E-state index contributed by atoms with van der Waals surface area (Å²) in [4.78, 5) is 0. The average molecular weight is 243 g/mol. The Kier molecular flexibility index (Phi) is 3.16. The molecule has 4 heteroatoms. The lowest BCUT2D eigenvalue weighted by atomic mass is 10.0. The first-order valence-corrected chi connectivity index (χ1v) is 5.22. The number of aromatic hydroxyl groups is 1. The van der Waals surface area contributed by atoms with Crippen LogP contribution in [0.5, 0.6) is 11.5 Å². The van der Waals surface area contributed by atoms with Gasteiger partial charge in [0.25, 0.3) is 0 Å². The maximum atomic E-state index is 13.7. The van der Waals surface area contributed by atoms with Gasteiger partial charge < -0.3 is 9.84 Å². The molecule has 0 aliphatic carbocycles. The molecule has 0 atom stereocenters. The van der Waals surface area contributed by atoms with Crippen LogP contribution < -0.4 is 4.74 Å². The van der Waals surface area contributed by atoms with Crippen molar-refractivity contribution in [3.8, 4) is 28.7 Å². The van der Waals surface area contributed by atoms with Crippen molar-refractivity contribution in [1.82, 2.24) is 0 Å². The lowest BCUT2D eigenvalue weighted by Crippen LogP contribution is -1.88. The minimum atomic E-state index is -0.457. The van der Waals surface area contributed by atoms with Crippen LogP contribution in [0.2, 0.25) is 0 Å². The summed E-state index contributed by atoms with van der Waals surface area (Å²) in [5, 5.41) is 18.3. The quantitative estimate of drug-likeness (QED) is 0.881. The molecular weight excluding hydrogens is 233 g/mol. The zero-order valence-corrected chi connectivity index (χ0v) is 9.64. The van der Waals surface area contributed by atoms with Gasteiger partial charge in [0.05, 0.1) is 18.7 Å². The van der Waals surface area contributed by atoms with Gasteiger partial charge in [-0.2, -0.15) is 5.26 Å². The zero-order valence-electron chi connectivity index (χ0n) is 9.64. The molecule has 2 aromatic carbocycles. The molecule has 0 bridgehead atoms. The Morgan fingerprint density at radius 1 is 1.22 bits per heavy atom. The number of methoxy groups -OCH3 is 1. The van der Waals surface area contributed by atoms with Gasteiger partial charge >= 0.3 is 0 Å². The van der Waals surface area contributed by atoms with Crippen LogP contribution in [0.25, 0.3) is 11.1 Å². The van der Waals surface area contributed by atoms with Gasteiger partial charge in [0.1, 0.15) is 17.3 Å². The van der Waals surface area contributed by atoms with E-state index >= 15 is 0 Å². The molecule has 90 valence electrons. The van der Waals surface area contributed by atoms with E-state index in [9.17, 15) is 9.50 Å². The van der Waals surface area contributed by atoms with Crippen molar-refractivity contribution in [1.29, 1.82) is 5.26 Å². The maximum absolute atomic E-state index is 13.7. The Morgan fingerprint density at radius 3 is 2.67 bits per heavy atom. The van der Waals surface area contributed by atoms with Gasteiger partial charge in [-0.25, -0.2) is 4.39 Å². The van der Waals surface area contributed by atoms with E-state index in [2.05, 4.69) is 0 Å². The summed E-state index contributed by atoms with van der Waals surface area (Å²) in [5.41, 5.74) is 1.07. The number of benzene rings is 2. The lowest BCUT2D eigenvalue weighted by Gasteiger charge is -2.07. The third-order valence-corrected chi connectivity index (χ3v) is 2.53. The highest BCUT2D eigenvalue weighted by Crippen LogP contribution is 2.31. The topological polar surface area (TPSA) is 53.2 Å². The van der Waals surface area contributed by atoms with E-state index < -0.39 is 5.82 Å². The average Bonchev–Trinajstić information content (AvgIpc) is 2.38.